The minimum atomic E-state index is 0.0726. The third-order valence-electron chi connectivity index (χ3n) is 3.08. The Morgan fingerprint density at radius 1 is 1.32 bits per heavy atom. The average molecular weight is 254 g/mol. The quantitative estimate of drug-likeness (QED) is 0.776. The van der Waals surface area contributed by atoms with Crippen molar-refractivity contribution >= 4 is 10.9 Å². The standard InChI is InChI=1S/C14H14N4O/c1-9(8-15)14-17-13(18-19-14)11-4-5-12-10(7-11)3-2-6-16-12/h2-7,9H,8,15H2,1H3. The van der Waals surface area contributed by atoms with E-state index >= 15 is 0 Å². The number of aromatic nitrogens is 3. The van der Waals surface area contributed by atoms with E-state index in [0.717, 1.165) is 16.5 Å². The van der Waals surface area contributed by atoms with E-state index in [1.165, 1.54) is 0 Å². The molecular weight excluding hydrogens is 240 g/mol. The Hall–Kier alpha value is -2.27. The van der Waals surface area contributed by atoms with Gasteiger partial charge in [0, 0.05) is 29.6 Å². The Kier molecular flexibility index (Phi) is 2.97. The second-order valence-electron chi connectivity index (χ2n) is 4.50. The molecule has 5 nitrogen and oxygen atoms in total. The number of hydrogen-bond donors (Lipinski definition) is 1. The van der Waals surface area contributed by atoms with E-state index in [9.17, 15) is 0 Å². The third-order valence-corrected chi connectivity index (χ3v) is 3.08. The maximum Gasteiger partial charge on any atom is 0.231 e. The van der Waals surface area contributed by atoms with Crippen molar-refractivity contribution in [1.82, 2.24) is 15.1 Å². The lowest BCUT2D eigenvalue weighted by atomic mass is 10.1. The summed E-state index contributed by atoms with van der Waals surface area (Å²) in [4.78, 5) is 8.66. The van der Waals surface area contributed by atoms with Crippen molar-refractivity contribution in [3.63, 3.8) is 0 Å². The molecule has 1 unspecified atom stereocenters. The van der Waals surface area contributed by atoms with E-state index in [1.807, 2.05) is 37.3 Å². The highest BCUT2D eigenvalue weighted by Crippen LogP contribution is 2.22. The fourth-order valence-electron chi connectivity index (χ4n) is 1.87. The predicted octanol–water partition coefficient (Wildman–Crippen LogP) is 2.35. The molecule has 19 heavy (non-hydrogen) atoms. The molecular formula is C14H14N4O. The van der Waals surface area contributed by atoms with Crippen molar-refractivity contribution in [3.05, 3.63) is 42.4 Å². The molecule has 0 aliphatic heterocycles. The van der Waals surface area contributed by atoms with Crippen molar-refractivity contribution in [2.75, 3.05) is 6.54 Å². The first-order valence-corrected chi connectivity index (χ1v) is 6.17. The predicted molar refractivity (Wildman–Crippen MR) is 72.5 cm³/mol. The number of hydrogen-bond acceptors (Lipinski definition) is 5. The summed E-state index contributed by atoms with van der Waals surface area (Å²) in [6, 6.07) is 9.81. The Morgan fingerprint density at radius 3 is 3.05 bits per heavy atom. The van der Waals surface area contributed by atoms with Gasteiger partial charge in [-0.25, -0.2) is 0 Å². The number of rotatable bonds is 3. The number of nitrogens with zero attached hydrogens (tertiary/aromatic N) is 3. The van der Waals surface area contributed by atoms with Gasteiger partial charge in [0.1, 0.15) is 0 Å². The Morgan fingerprint density at radius 2 is 2.21 bits per heavy atom. The lowest BCUT2D eigenvalue weighted by Gasteiger charge is -1.99. The van der Waals surface area contributed by atoms with Gasteiger partial charge >= 0.3 is 0 Å². The van der Waals surface area contributed by atoms with Crippen LogP contribution in [0, 0.1) is 0 Å². The van der Waals surface area contributed by atoms with Gasteiger partial charge in [-0.2, -0.15) is 4.98 Å². The smallest absolute Gasteiger partial charge is 0.231 e. The van der Waals surface area contributed by atoms with Crippen LogP contribution >= 0.6 is 0 Å². The molecule has 1 atom stereocenters. The van der Waals surface area contributed by atoms with Crippen molar-refractivity contribution < 1.29 is 4.52 Å². The second-order valence-corrected chi connectivity index (χ2v) is 4.50. The zero-order valence-electron chi connectivity index (χ0n) is 10.6. The normalized spacial score (nSPS) is 12.7. The molecule has 5 heteroatoms. The van der Waals surface area contributed by atoms with E-state index in [0.29, 0.717) is 18.3 Å². The van der Waals surface area contributed by atoms with Crippen LogP contribution < -0.4 is 5.73 Å². The Balaban J connectivity index is 2.01. The summed E-state index contributed by atoms with van der Waals surface area (Å²) in [6.07, 6.45) is 1.78. The van der Waals surface area contributed by atoms with Crippen LogP contribution in [0.3, 0.4) is 0 Å². The van der Waals surface area contributed by atoms with Gasteiger partial charge in [-0.15, -0.1) is 0 Å². The van der Waals surface area contributed by atoms with Crippen LogP contribution in [0.4, 0.5) is 0 Å². The molecule has 0 radical (unpaired) electrons. The van der Waals surface area contributed by atoms with E-state index in [-0.39, 0.29) is 5.92 Å². The zero-order chi connectivity index (χ0) is 13.2. The van der Waals surface area contributed by atoms with E-state index in [1.54, 1.807) is 6.20 Å². The number of nitrogens with two attached hydrogens (primary N) is 1. The van der Waals surface area contributed by atoms with Crippen LogP contribution in [0.1, 0.15) is 18.7 Å². The second kappa shape index (κ2) is 4.78. The van der Waals surface area contributed by atoms with Crippen LogP contribution in [0.2, 0.25) is 0 Å². The van der Waals surface area contributed by atoms with Gasteiger partial charge < -0.3 is 10.3 Å². The monoisotopic (exact) mass is 254 g/mol. The van der Waals surface area contributed by atoms with Crippen LogP contribution in [0.5, 0.6) is 0 Å². The van der Waals surface area contributed by atoms with Crippen LogP contribution in [0.25, 0.3) is 22.3 Å². The van der Waals surface area contributed by atoms with Crippen molar-refractivity contribution in [2.24, 2.45) is 5.73 Å². The van der Waals surface area contributed by atoms with Gasteiger partial charge in [0.2, 0.25) is 11.7 Å². The molecule has 2 aromatic heterocycles. The lowest BCUT2D eigenvalue weighted by molar-refractivity contribution is 0.361. The molecule has 3 rings (SSSR count). The first-order chi connectivity index (χ1) is 9.28. The summed E-state index contributed by atoms with van der Waals surface area (Å²) < 4.78 is 5.23. The Bertz CT molecular complexity index is 707. The van der Waals surface area contributed by atoms with Gasteiger partial charge in [0.25, 0.3) is 0 Å². The SMILES string of the molecule is CC(CN)c1nc(-c2ccc3ncccc3c2)no1. The van der Waals surface area contributed by atoms with Crippen LogP contribution in [-0.2, 0) is 0 Å². The highest BCUT2D eigenvalue weighted by atomic mass is 16.5. The van der Waals surface area contributed by atoms with Gasteiger partial charge in [-0.3, -0.25) is 4.98 Å². The summed E-state index contributed by atoms with van der Waals surface area (Å²) in [5.74, 6) is 1.23. The minimum absolute atomic E-state index is 0.0726. The van der Waals surface area contributed by atoms with Crippen molar-refractivity contribution in [3.8, 4) is 11.4 Å². The van der Waals surface area contributed by atoms with Gasteiger partial charge in [-0.1, -0.05) is 18.1 Å². The number of benzene rings is 1. The minimum Gasteiger partial charge on any atom is -0.339 e. The fraction of sp³-hybridized carbons (Fsp3) is 0.214. The molecule has 0 spiro atoms. The molecule has 0 saturated carbocycles. The summed E-state index contributed by atoms with van der Waals surface area (Å²) in [5, 5.41) is 5.05. The number of fused-ring (bicyclic) bond motifs is 1. The van der Waals surface area contributed by atoms with E-state index in [4.69, 9.17) is 10.3 Å². The summed E-state index contributed by atoms with van der Waals surface area (Å²) in [5.41, 5.74) is 7.46. The van der Waals surface area contributed by atoms with Crippen molar-refractivity contribution in [1.29, 1.82) is 0 Å². The lowest BCUT2D eigenvalue weighted by Crippen LogP contribution is -2.08. The van der Waals surface area contributed by atoms with E-state index < -0.39 is 0 Å². The first-order valence-electron chi connectivity index (χ1n) is 6.17. The zero-order valence-corrected chi connectivity index (χ0v) is 10.6. The summed E-state index contributed by atoms with van der Waals surface area (Å²) in [6.45, 7) is 2.45. The average Bonchev–Trinajstić information content (AvgIpc) is 2.95. The highest BCUT2D eigenvalue weighted by Gasteiger charge is 2.14. The molecule has 1 aromatic carbocycles. The highest BCUT2D eigenvalue weighted by molar-refractivity contribution is 5.82. The van der Waals surface area contributed by atoms with Gasteiger partial charge in [-0.05, 0) is 24.3 Å². The first kappa shape index (κ1) is 11.8. The van der Waals surface area contributed by atoms with Gasteiger partial charge in [0.05, 0.1) is 5.52 Å². The molecule has 0 aliphatic carbocycles. The molecule has 3 aromatic rings. The molecule has 0 bridgehead atoms. The van der Waals surface area contributed by atoms with Crippen LogP contribution in [0.15, 0.2) is 41.1 Å². The largest absolute Gasteiger partial charge is 0.339 e. The van der Waals surface area contributed by atoms with Crippen molar-refractivity contribution in [2.45, 2.75) is 12.8 Å². The fourth-order valence-corrected chi connectivity index (χ4v) is 1.87. The third kappa shape index (κ3) is 2.20. The number of pyridine rings is 1. The molecule has 0 saturated heterocycles. The molecule has 2 N–H and O–H groups in total. The van der Waals surface area contributed by atoms with Crippen LogP contribution in [-0.4, -0.2) is 21.7 Å². The molecule has 96 valence electrons. The topological polar surface area (TPSA) is 77.8 Å². The molecule has 0 amide bonds. The van der Waals surface area contributed by atoms with Gasteiger partial charge in [0.15, 0.2) is 0 Å². The molecule has 0 fully saturated rings. The summed E-state index contributed by atoms with van der Waals surface area (Å²) in [7, 11) is 0. The molecule has 0 aliphatic rings. The van der Waals surface area contributed by atoms with E-state index in [2.05, 4.69) is 15.1 Å². The molecule has 2 heterocycles. The maximum atomic E-state index is 5.59. The maximum absolute atomic E-state index is 5.59. The Labute approximate surface area is 110 Å². The summed E-state index contributed by atoms with van der Waals surface area (Å²) >= 11 is 0.